The maximum absolute atomic E-state index is 13.7. The van der Waals surface area contributed by atoms with Crippen LogP contribution in [-0.2, 0) is 19.0 Å². The minimum absolute atomic E-state index is 0.100. The number of cyclic esters (lactones) is 1. The predicted octanol–water partition coefficient (Wildman–Crippen LogP) is 1.67. The number of rotatable bonds is 6. The van der Waals surface area contributed by atoms with Crippen molar-refractivity contribution in [2.45, 2.75) is 6.10 Å². The Labute approximate surface area is 172 Å². The second-order valence-electron chi connectivity index (χ2n) is 6.43. The molecule has 2 aromatic carbocycles. The highest BCUT2D eigenvalue weighted by molar-refractivity contribution is 7.85. The van der Waals surface area contributed by atoms with E-state index in [-0.39, 0.29) is 24.6 Å². The van der Waals surface area contributed by atoms with Crippen molar-refractivity contribution in [3.05, 3.63) is 65.5 Å². The molecule has 0 spiro atoms. The van der Waals surface area contributed by atoms with Crippen molar-refractivity contribution < 1.29 is 31.3 Å². The number of anilines is 1. The van der Waals surface area contributed by atoms with Crippen LogP contribution in [0.15, 0.2) is 53.5 Å². The van der Waals surface area contributed by atoms with E-state index in [1.165, 1.54) is 35.2 Å². The van der Waals surface area contributed by atoms with Gasteiger partial charge in [0.25, 0.3) is 16.0 Å². The Morgan fingerprint density at radius 3 is 2.57 bits per heavy atom. The minimum atomic E-state index is -3.65. The zero-order valence-electron chi connectivity index (χ0n) is 15.8. The molecular formula is C19H18FN3O6S. The van der Waals surface area contributed by atoms with Crippen LogP contribution < -0.4 is 10.6 Å². The summed E-state index contributed by atoms with van der Waals surface area (Å²) in [5, 5.41) is 0. The fourth-order valence-corrected chi connectivity index (χ4v) is 3.10. The molecule has 1 unspecified atom stereocenters. The number of aliphatic imine (C=N–C) groups is 1. The number of halogens is 1. The van der Waals surface area contributed by atoms with Gasteiger partial charge in [0.1, 0.15) is 24.4 Å². The summed E-state index contributed by atoms with van der Waals surface area (Å²) in [6.45, 7) is -0.181. The molecule has 1 aliphatic heterocycles. The van der Waals surface area contributed by atoms with E-state index in [1.807, 2.05) is 0 Å². The second-order valence-corrected chi connectivity index (χ2v) is 8.08. The first kappa shape index (κ1) is 21.4. The number of nitrogens with zero attached hydrogens (tertiary/aromatic N) is 2. The number of hydrogen-bond acceptors (Lipinski definition) is 6. The topological polar surface area (TPSA) is 128 Å². The van der Waals surface area contributed by atoms with Gasteiger partial charge in [-0.25, -0.2) is 9.18 Å². The molecule has 1 fully saturated rings. The predicted molar refractivity (Wildman–Crippen MR) is 106 cm³/mol. The summed E-state index contributed by atoms with van der Waals surface area (Å²) >= 11 is 0. The Bertz CT molecular complexity index is 1100. The summed E-state index contributed by atoms with van der Waals surface area (Å²) in [7, 11) is -3.65. The Balaban J connectivity index is 1.69. The first-order valence-corrected chi connectivity index (χ1v) is 10.5. The average molecular weight is 435 g/mol. The molecular weight excluding hydrogens is 417 g/mol. The first-order chi connectivity index (χ1) is 14.1. The Hall–Kier alpha value is -3.31. The van der Waals surface area contributed by atoms with Gasteiger partial charge in [-0.1, -0.05) is 12.1 Å². The normalized spacial score (nSPS) is 17.1. The molecule has 2 aromatic rings. The van der Waals surface area contributed by atoms with E-state index in [4.69, 9.17) is 10.5 Å². The fourth-order valence-electron chi connectivity index (χ4n) is 2.70. The molecule has 1 atom stereocenters. The summed E-state index contributed by atoms with van der Waals surface area (Å²) < 4.78 is 45.6. The molecule has 1 saturated heterocycles. The zero-order valence-corrected chi connectivity index (χ0v) is 16.6. The molecule has 2 N–H and O–H groups in total. The molecule has 3 rings (SSSR count). The van der Waals surface area contributed by atoms with Crippen molar-refractivity contribution >= 4 is 33.6 Å². The molecule has 0 saturated carbocycles. The highest BCUT2D eigenvalue weighted by atomic mass is 32.2. The van der Waals surface area contributed by atoms with Crippen LogP contribution in [0, 0.1) is 5.82 Å². The van der Waals surface area contributed by atoms with Crippen molar-refractivity contribution in [1.29, 1.82) is 0 Å². The lowest BCUT2D eigenvalue weighted by Crippen LogP contribution is -2.26. The molecule has 1 heterocycles. The highest BCUT2D eigenvalue weighted by Gasteiger charge is 2.33. The number of benzene rings is 2. The third-order valence-corrected chi connectivity index (χ3v) is 4.71. The molecule has 158 valence electrons. The third kappa shape index (κ3) is 5.19. The molecule has 1 aliphatic rings. The Morgan fingerprint density at radius 2 is 1.93 bits per heavy atom. The SMILES string of the molecule is CS(=O)(=O)OCC1CN(c2ccc(C(N)=NC(=O)c3ccccc3F)cc2)C(=O)O1. The third-order valence-electron chi connectivity index (χ3n) is 4.14. The van der Waals surface area contributed by atoms with Gasteiger partial charge in [-0.2, -0.15) is 13.4 Å². The van der Waals surface area contributed by atoms with E-state index in [2.05, 4.69) is 9.18 Å². The summed E-state index contributed by atoms with van der Waals surface area (Å²) in [5.41, 5.74) is 6.52. The van der Waals surface area contributed by atoms with Gasteiger partial charge in [0.05, 0.1) is 18.4 Å². The lowest BCUT2D eigenvalue weighted by atomic mass is 10.1. The number of hydrogen-bond donors (Lipinski definition) is 1. The van der Waals surface area contributed by atoms with Crippen molar-refractivity contribution in [2.24, 2.45) is 10.7 Å². The van der Waals surface area contributed by atoms with Gasteiger partial charge < -0.3 is 10.5 Å². The van der Waals surface area contributed by atoms with Gasteiger partial charge in [0, 0.05) is 11.3 Å². The van der Waals surface area contributed by atoms with Crippen LogP contribution in [0.5, 0.6) is 0 Å². The molecule has 2 amide bonds. The van der Waals surface area contributed by atoms with Crippen LogP contribution in [0.25, 0.3) is 0 Å². The van der Waals surface area contributed by atoms with E-state index in [0.717, 1.165) is 12.3 Å². The maximum Gasteiger partial charge on any atom is 0.414 e. The molecule has 0 aromatic heterocycles. The van der Waals surface area contributed by atoms with Crippen LogP contribution >= 0.6 is 0 Å². The van der Waals surface area contributed by atoms with Gasteiger partial charge in [0.2, 0.25) is 0 Å². The van der Waals surface area contributed by atoms with E-state index < -0.39 is 34.0 Å². The quantitative estimate of drug-likeness (QED) is 0.415. The van der Waals surface area contributed by atoms with Gasteiger partial charge in [-0.3, -0.25) is 13.9 Å². The largest absolute Gasteiger partial charge is 0.441 e. The van der Waals surface area contributed by atoms with E-state index in [9.17, 15) is 22.4 Å². The summed E-state index contributed by atoms with van der Waals surface area (Å²) in [5.74, 6) is -1.62. The van der Waals surface area contributed by atoms with Gasteiger partial charge >= 0.3 is 6.09 Å². The van der Waals surface area contributed by atoms with E-state index in [0.29, 0.717) is 11.3 Å². The number of carbonyl (C=O) groups excluding carboxylic acids is 2. The first-order valence-electron chi connectivity index (χ1n) is 8.70. The lowest BCUT2D eigenvalue weighted by Gasteiger charge is -2.13. The summed E-state index contributed by atoms with van der Waals surface area (Å²) in [6, 6.07) is 11.6. The second kappa shape index (κ2) is 8.59. The molecule has 0 radical (unpaired) electrons. The summed E-state index contributed by atoms with van der Waals surface area (Å²) in [6.07, 6.45) is -0.485. The molecule has 0 bridgehead atoms. The number of carbonyl (C=O) groups is 2. The smallest absolute Gasteiger partial charge is 0.414 e. The highest BCUT2D eigenvalue weighted by Crippen LogP contribution is 2.22. The number of amides is 2. The molecule has 30 heavy (non-hydrogen) atoms. The van der Waals surface area contributed by atoms with Gasteiger partial charge in [0.15, 0.2) is 0 Å². The standard InChI is InChI=1S/C19H18FN3O6S/c1-30(26,27)28-11-14-10-23(19(25)29-14)13-8-6-12(7-9-13)17(21)22-18(24)15-4-2-3-5-16(15)20/h2-9,14H,10-11H2,1H3,(H2,21,22,24). The number of nitrogens with two attached hydrogens (primary N) is 1. The van der Waals surface area contributed by atoms with Crippen molar-refractivity contribution in [3.63, 3.8) is 0 Å². The van der Waals surface area contributed by atoms with Crippen LogP contribution in [0.1, 0.15) is 15.9 Å². The molecule has 9 nitrogen and oxygen atoms in total. The molecule has 11 heteroatoms. The van der Waals surface area contributed by atoms with Gasteiger partial charge in [-0.05, 0) is 36.4 Å². The van der Waals surface area contributed by atoms with Crippen molar-refractivity contribution in [1.82, 2.24) is 0 Å². The maximum atomic E-state index is 13.7. The van der Waals surface area contributed by atoms with E-state index >= 15 is 0 Å². The van der Waals surface area contributed by atoms with Crippen LogP contribution in [0.4, 0.5) is 14.9 Å². The van der Waals surface area contributed by atoms with Crippen molar-refractivity contribution in [2.75, 3.05) is 24.3 Å². The minimum Gasteiger partial charge on any atom is -0.441 e. The fraction of sp³-hybridized carbons (Fsp3) is 0.211. The monoisotopic (exact) mass is 435 g/mol. The van der Waals surface area contributed by atoms with Crippen LogP contribution in [0.3, 0.4) is 0 Å². The van der Waals surface area contributed by atoms with E-state index in [1.54, 1.807) is 12.1 Å². The average Bonchev–Trinajstić information content (AvgIpc) is 3.07. The Morgan fingerprint density at radius 1 is 1.27 bits per heavy atom. The number of amidine groups is 1. The van der Waals surface area contributed by atoms with Crippen LogP contribution in [0.2, 0.25) is 0 Å². The van der Waals surface area contributed by atoms with Crippen molar-refractivity contribution in [3.8, 4) is 0 Å². The summed E-state index contributed by atoms with van der Waals surface area (Å²) in [4.78, 5) is 29.2. The van der Waals surface area contributed by atoms with Gasteiger partial charge in [-0.15, -0.1) is 0 Å². The zero-order chi connectivity index (χ0) is 21.9. The lowest BCUT2D eigenvalue weighted by molar-refractivity contribution is 0.0998. The number of ether oxygens (including phenoxy) is 1. The van der Waals surface area contributed by atoms with Crippen LogP contribution in [-0.4, -0.2) is 51.8 Å². The Kier molecular flexibility index (Phi) is 6.13. The molecule has 0 aliphatic carbocycles.